The van der Waals surface area contributed by atoms with Gasteiger partial charge < -0.3 is 14.6 Å². The number of nitrogens with zero attached hydrogens (tertiary/aromatic N) is 3. The van der Waals surface area contributed by atoms with Gasteiger partial charge >= 0.3 is 5.97 Å². The number of carbonyl (C=O) groups excluding carboxylic acids is 2. The number of nitrogens with one attached hydrogen (secondary N) is 1. The predicted molar refractivity (Wildman–Crippen MR) is 126 cm³/mol. The summed E-state index contributed by atoms with van der Waals surface area (Å²) < 4.78 is 7.95. The number of fused-ring (bicyclic) bond motifs is 1. The number of hydrogen-bond donors (Lipinski definition) is 1. The number of carbonyl (C=O) groups is 2. The first-order valence-electron chi connectivity index (χ1n) is 10.3. The van der Waals surface area contributed by atoms with Gasteiger partial charge in [-0.2, -0.15) is 0 Å². The van der Waals surface area contributed by atoms with Crippen molar-refractivity contribution in [2.45, 2.75) is 13.5 Å². The maximum Gasteiger partial charge on any atom is 0.340 e. The van der Waals surface area contributed by atoms with E-state index in [1.165, 1.54) is 10.9 Å². The fraction of sp³-hybridized carbons (Fsp3) is 0.167. The van der Waals surface area contributed by atoms with Crippen molar-refractivity contribution in [2.24, 2.45) is 7.05 Å². The van der Waals surface area contributed by atoms with Crippen molar-refractivity contribution in [1.29, 1.82) is 0 Å². The molecule has 0 aliphatic carbocycles. The maximum atomic E-state index is 13.1. The molecule has 0 spiro atoms. The number of rotatable bonds is 6. The van der Waals surface area contributed by atoms with E-state index < -0.39 is 11.9 Å². The third-order valence-corrected chi connectivity index (χ3v) is 5.36. The molecule has 4 rings (SSSR count). The largest absolute Gasteiger partial charge is 0.462 e. The Labute approximate surface area is 194 Å². The van der Waals surface area contributed by atoms with Gasteiger partial charge in [-0.15, -0.1) is 0 Å². The van der Waals surface area contributed by atoms with Crippen LogP contribution in [0.5, 0.6) is 0 Å². The number of halogens is 1. The van der Waals surface area contributed by atoms with Crippen molar-refractivity contribution in [2.75, 3.05) is 11.9 Å². The summed E-state index contributed by atoms with van der Waals surface area (Å²) in [5.41, 5.74) is 2.78. The minimum Gasteiger partial charge on any atom is -0.462 e. The highest BCUT2D eigenvalue weighted by Crippen LogP contribution is 2.28. The second-order valence-corrected chi connectivity index (χ2v) is 7.79. The van der Waals surface area contributed by atoms with E-state index in [0.29, 0.717) is 21.7 Å². The van der Waals surface area contributed by atoms with Crippen molar-refractivity contribution in [3.63, 3.8) is 0 Å². The van der Waals surface area contributed by atoms with E-state index in [2.05, 4.69) is 10.3 Å². The number of amides is 1. The molecule has 4 aromatic rings. The summed E-state index contributed by atoms with van der Waals surface area (Å²) >= 11 is 5.98. The van der Waals surface area contributed by atoms with Crippen LogP contribution in [0.2, 0.25) is 5.02 Å². The third kappa shape index (κ3) is 4.51. The van der Waals surface area contributed by atoms with Crippen LogP contribution in [0.3, 0.4) is 0 Å². The summed E-state index contributed by atoms with van der Waals surface area (Å²) in [7, 11) is 1.75. The highest BCUT2D eigenvalue weighted by Gasteiger charge is 2.18. The Bertz CT molecular complexity index is 1410. The molecule has 0 fully saturated rings. The predicted octanol–water partition coefficient (Wildman–Crippen LogP) is 3.87. The summed E-state index contributed by atoms with van der Waals surface area (Å²) in [6.07, 6.45) is 3.17. The van der Waals surface area contributed by atoms with Gasteiger partial charge in [0.2, 0.25) is 5.91 Å². The summed E-state index contributed by atoms with van der Waals surface area (Å²) in [6.45, 7) is 1.66. The molecule has 1 N–H and O–H groups in total. The first-order valence-corrected chi connectivity index (χ1v) is 10.6. The van der Waals surface area contributed by atoms with E-state index in [4.69, 9.17) is 16.3 Å². The van der Waals surface area contributed by atoms with Crippen LogP contribution in [-0.4, -0.2) is 32.6 Å². The van der Waals surface area contributed by atoms with Crippen LogP contribution in [0.4, 0.5) is 5.69 Å². The second kappa shape index (κ2) is 9.30. The fourth-order valence-electron chi connectivity index (χ4n) is 3.59. The molecular weight excluding hydrogens is 444 g/mol. The molecule has 0 unspecified atom stereocenters. The fourth-order valence-corrected chi connectivity index (χ4v) is 3.72. The smallest absolute Gasteiger partial charge is 0.340 e. The van der Waals surface area contributed by atoms with Crippen molar-refractivity contribution in [1.82, 2.24) is 14.1 Å². The van der Waals surface area contributed by atoms with E-state index >= 15 is 0 Å². The highest BCUT2D eigenvalue weighted by atomic mass is 35.5. The van der Waals surface area contributed by atoms with Crippen LogP contribution in [0.1, 0.15) is 17.3 Å². The minimum atomic E-state index is -0.535. The summed E-state index contributed by atoms with van der Waals surface area (Å²) in [4.78, 5) is 42.4. The topological polar surface area (TPSA) is 95.2 Å². The van der Waals surface area contributed by atoms with Crippen molar-refractivity contribution < 1.29 is 14.3 Å². The summed E-state index contributed by atoms with van der Waals surface area (Å²) in [5.74, 6) is -1.01. The molecule has 2 aromatic carbocycles. The molecule has 0 radical (unpaired) electrons. The van der Waals surface area contributed by atoms with E-state index in [1.54, 1.807) is 54.9 Å². The van der Waals surface area contributed by atoms with E-state index in [9.17, 15) is 14.4 Å². The third-order valence-electron chi connectivity index (χ3n) is 5.11. The van der Waals surface area contributed by atoms with Gasteiger partial charge in [0.15, 0.2) is 0 Å². The molecule has 0 saturated carbocycles. The molecule has 33 heavy (non-hydrogen) atoms. The molecule has 2 aromatic heterocycles. The van der Waals surface area contributed by atoms with Gasteiger partial charge in [0.1, 0.15) is 17.6 Å². The van der Waals surface area contributed by atoms with E-state index in [-0.39, 0.29) is 24.3 Å². The number of aryl methyl sites for hydroxylation is 1. The summed E-state index contributed by atoms with van der Waals surface area (Å²) in [6, 6.07) is 13.8. The molecule has 2 heterocycles. The number of anilines is 1. The lowest BCUT2D eigenvalue weighted by Crippen LogP contribution is -2.29. The van der Waals surface area contributed by atoms with E-state index in [1.807, 2.05) is 18.3 Å². The summed E-state index contributed by atoms with van der Waals surface area (Å²) in [5, 5.41) is 3.29. The average molecular weight is 465 g/mol. The van der Waals surface area contributed by atoms with Gasteiger partial charge in [0, 0.05) is 23.8 Å². The lowest BCUT2D eigenvalue weighted by Gasteiger charge is -2.11. The quantitative estimate of drug-likeness (QED) is 0.437. The second-order valence-electron chi connectivity index (χ2n) is 7.35. The Morgan fingerprint density at radius 3 is 2.58 bits per heavy atom. The first-order chi connectivity index (χ1) is 15.9. The molecule has 0 bridgehead atoms. The Hall–Kier alpha value is -3.91. The van der Waals surface area contributed by atoms with Crippen molar-refractivity contribution >= 4 is 40.2 Å². The molecule has 8 nitrogen and oxygen atoms in total. The first kappa shape index (κ1) is 22.3. The number of hydrogen-bond acceptors (Lipinski definition) is 5. The number of para-hydroxylation sites is 1. The van der Waals surface area contributed by atoms with Crippen LogP contribution >= 0.6 is 11.6 Å². The van der Waals surface area contributed by atoms with Gasteiger partial charge in [-0.1, -0.05) is 35.9 Å². The van der Waals surface area contributed by atoms with Crippen LogP contribution in [-0.2, 0) is 23.1 Å². The SMILES string of the molecule is CCOC(=O)c1ccccc1NC(=O)Cn1cnc2c(-c3ccc(Cl)cc3)cn(C)c2c1=O. The highest BCUT2D eigenvalue weighted by molar-refractivity contribution is 6.30. The van der Waals surface area contributed by atoms with Crippen LogP contribution < -0.4 is 10.9 Å². The molecule has 9 heteroatoms. The Morgan fingerprint density at radius 2 is 1.85 bits per heavy atom. The molecular formula is C24H21ClN4O4. The number of ether oxygens (including phenoxy) is 1. The zero-order valence-electron chi connectivity index (χ0n) is 18.0. The molecule has 0 atom stereocenters. The normalized spacial score (nSPS) is 10.9. The van der Waals surface area contributed by atoms with E-state index in [0.717, 1.165) is 11.1 Å². The molecule has 0 aliphatic heterocycles. The van der Waals surface area contributed by atoms with Gasteiger partial charge in [0.05, 0.1) is 24.2 Å². The number of benzene rings is 2. The molecule has 0 saturated heterocycles. The Morgan fingerprint density at radius 1 is 1.12 bits per heavy atom. The molecule has 1 amide bonds. The van der Waals surface area contributed by atoms with Crippen LogP contribution in [0.15, 0.2) is 65.8 Å². The van der Waals surface area contributed by atoms with Crippen LogP contribution in [0.25, 0.3) is 22.2 Å². The van der Waals surface area contributed by atoms with Gasteiger partial charge in [-0.25, -0.2) is 9.78 Å². The van der Waals surface area contributed by atoms with Gasteiger partial charge in [-0.05, 0) is 36.8 Å². The molecule has 0 aliphatic rings. The average Bonchev–Trinajstić information content (AvgIpc) is 3.13. The number of aromatic nitrogens is 3. The maximum absolute atomic E-state index is 13.1. The molecule has 168 valence electrons. The van der Waals surface area contributed by atoms with Crippen molar-refractivity contribution in [3.05, 3.63) is 82.0 Å². The standard InChI is InChI=1S/C24H21ClN4O4/c1-3-33-24(32)17-6-4-5-7-19(17)27-20(30)13-29-14-26-21-18(12-28(2)22(21)23(29)31)15-8-10-16(25)11-9-15/h4-12,14H,3,13H2,1-2H3,(H,27,30). The lowest BCUT2D eigenvalue weighted by atomic mass is 10.1. The minimum absolute atomic E-state index is 0.219. The van der Waals surface area contributed by atoms with Gasteiger partial charge in [-0.3, -0.25) is 14.2 Å². The Kier molecular flexibility index (Phi) is 6.28. The lowest BCUT2D eigenvalue weighted by molar-refractivity contribution is -0.116. The number of esters is 1. The zero-order chi connectivity index (χ0) is 23.5. The van der Waals surface area contributed by atoms with Crippen molar-refractivity contribution in [3.8, 4) is 11.1 Å². The Balaban J connectivity index is 1.62. The monoisotopic (exact) mass is 464 g/mol. The zero-order valence-corrected chi connectivity index (χ0v) is 18.8. The van der Waals surface area contributed by atoms with Gasteiger partial charge in [0.25, 0.3) is 5.56 Å². The van der Waals surface area contributed by atoms with Crippen LogP contribution in [0, 0.1) is 0 Å².